The molecule has 68 valence electrons. The van der Waals surface area contributed by atoms with E-state index in [9.17, 15) is 9.90 Å². The summed E-state index contributed by atoms with van der Waals surface area (Å²) in [5, 5.41) is 9.70. The van der Waals surface area contributed by atoms with Gasteiger partial charge in [-0.25, -0.2) is 0 Å². The topological polar surface area (TPSA) is 37.3 Å². The van der Waals surface area contributed by atoms with Gasteiger partial charge in [-0.2, -0.15) is 0 Å². The summed E-state index contributed by atoms with van der Waals surface area (Å²) >= 11 is 2.08. The van der Waals surface area contributed by atoms with Gasteiger partial charge in [-0.15, -0.1) is 0 Å². The van der Waals surface area contributed by atoms with Crippen LogP contribution in [0.1, 0.15) is 28.8 Å². The molecule has 0 atom stereocenters. The first kappa shape index (κ1) is 8.99. The van der Waals surface area contributed by atoms with Gasteiger partial charge in [0.2, 0.25) is 0 Å². The molecule has 0 aliphatic heterocycles. The minimum Gasteiger partial charge on any atom is -0.507 e. The summed E-state index contributed by atoms with van der Waals surface area (Å²) in [6, 6.07) is 3.61. The van der Waals surface area contributed by atoms with Crippen molar-refractivity contribution in [3.63, 3.8) is 0 Å². The number of fused-ring (bicyclic) bond motifs is 1. The van der Waals surface area contributed by atoms with Gasteiger partial charge >= 0.3 is 0 Å². The highest BCUT2D eigenvalue weighted by Crippen LogP contribution is 2.32. The highest BCUT2D eigenvalue weighted by Gasteiger charge is 2.20. The van der Waals surface area contributed by atoms with Crippen LogP contribution in [0.3, 0.4) is 0 Å². The Labute approximate surface area is 90.1 Å². The molecule has 1 aromatic carbocycles. The molecule has 2 rings (SSSR count). The molecule has 1 aliphatic carbocycles. The molecule has 0 amide bonds. The Bertz CT molecular complexity index is 371. The van der Waals surface area contributed by atoms with Crippen LogP contribution in [0, 0.1) is 3.57 Å². The van der Waals surface area contributed by atoms with Crippen molar-refractivity contribution in [2.75, 3.05) is 0 Å². The lowest BCUT2D eigenvalue weighted by atomic mass is 9.90. The Morgan fingerprint density at radius 1 is 1.31 bits per heavy atom. The van der Waals surface area contributed by atoms with Crippen LogP contribution in [-0.4, -0.2) is 10.9 Å². The average molecular weight is 288 g/mol. The number of ketones is 1. The standard InChI is InChI=1S/C10H9IO2/c11-8-5-4-6-7(10(8)13)2-1-3-9(6)12/h4-5,13H,1-3H2. The molecule has 0 fully saturated rings. The van der Waals surface area contributed by atoms with E-state index in [4.69, 9.17) is 0 Å². The molecule has 1 N–H and O–H groups in total. The maximum absolute atomic E-state index is 11.4. The van der Waals surface area contributed by atoms with E-state index in [-0.39, 0.29) is 5.78 Å². The Balaban J connectivity index is 2.63. The normalized spacial score (nSPS) is 15.6. The molecule has 0 radical (unpaired) electrons. The van der Waals surface area contributed by atoms with Crippen LogP contribution in [0.5, 0.6) is 5.75 Å². The van der Waals surface area contributed by atoms with Gasteiger partial charge in [0, 0.05) is 17.5 Å². The Hall–Kier alpha value is -0.580. The number of aromatic hydroxyl groups is 1. The maximum atomic E-state index is 11.4. The zero-order valence-corrected chi connectivity index (χ0v) is 9.17. The minimum absolute atomic E-state index is 0.160. The Morgan fingerprint density at radius 3 is 2.85 bits per heavy atom. The zero-order chi connectivity index (χ0) is 9.42. The number of carbonyl (C=O) groups excluding carboxylic acids is 1. The quantitative estimate of drug-likeness (QED) is 0.745. The molecule has 0 spiro atoms. The number of phenols is 1. The number of hydrogen-bond acceptors (Lipinski definition) is 2. The summed E-state index contributed by atoms with van der Waals surface area (Å²) in [7, 11) is 0. The van der Waals surface area contributed by atoms with Gasteiger partial charge < -0.3 is 5.11 Å². The van der Waals surface area contributed by atoms with Crippen LogP contribution in [-0.2, 0) is 6.42 Å². The second-order valence-corrected chi connectivity index (χ2v) is 4.36. The Kier molecular flexibility index (Phi) is 2.27. The predicted molar refractivity (Wildman–Crippen MR) is 58.1 cm³/mol. The van der Waals surface area contributed by atoms with Gasteiger partial charge in [-0.3, -0.25) is 4.79 Å². The van der Waals surface area contributed by atoms with E-state index in [1.807, 2.05) is 6.07 Å². The van der Waals surface area contributed by atoms with Crippen molar-refractivity contribution in [1.82, 2.24) is 0 Å². The van der Waals surface area contributed by atoms with Crippen LogP contribution < -0.4 is 0 Å². The number of Topliss-reactive ketones (excluding diaryl/α,β-unsaturated/α-hetero) is 1. The number of carbonyl (C=O) groups is 1. The summed E-state index contributed by atoms with van der Waals surface area (Å²) < 4.78 is 0.825. The van der Waals surface area contributed by atoms with Crippen LogP contribution >= 0.6 is 22.6 Å². The molecule has 0 saturated carbocycles. The molecular formula is C10H9IO2. The zero-order valence-electron chi connectivity index (χ0n) is 7.01. The van der Waals surface area contributed by atoms with Crippen molar-refractivity contribution in [3.8, 4) is 5.75 Å². The van der Waals surface area contributed by atoms with Gasteiger partial charge in [0.05, 0.1) is 3.57 Å². The molecule has 3 heteroatoms. The molecule has 1 aromatic rings. The second-order valence-electron chi connectivity index (χ2n) is 3.20. The van der Waals surface area contributed by atoms with Crippen LogP contribution in [0.25, 0.3) is 0 Å². The average Bonchev–Trinajstić information content (AvgIpc) is 2.12. The fourth-order valence-electron chi connectivity index (χ4n) is 1.68. The van der Waals surface area contributed by atoms with Gasteiger partial charge in [0.1, 0.15) is 5.75 Å². The lowest BCUT2D eigenvalue weighted by molar-refractivity contribution is 0.0971. The number of halogens is 1. The predicted octanol–water partition coefficient (Wildman–Crippen LogP) is 2.52. The summed E-state index contributed by atoms with van der Waals surface area (Å²) in [5.74, 6) is 0.458. The van der Waals surface area contributed by atoms with Crippen molar-refractivity contribution in [2.24, 2.45) is 0 Å². The smallest absolute Gasteiger partial charge is 0.163 e. The third-order valence-corrected chi connectivity index (χ3v) is 3.24. The fraction of sp³-hybridized carbons (Fsp3) is 0.300. The van der Waals surface area contributed by atoms with Gasteiger partial charge in [-0.1, -0.05) is 0 Å². The summed E-state index contributed by atoms with van der Waals surface area (Å²) in [5.41, 5.74) is 1.55. The highest BCUT2D eigenvalue weighted by atomic mass is 127. The molecule has 0 saturated heterocycles. The van der Waals surface area contributed by atoms with E-state index in [0.717, 1.165) is 22.0 Å². The first-order valence-corrected chi connectivity index (χ1v) is 5.31. The van der Waals surface area contributed by atoms with E-state index >= 15 is 0 Å². The number of benzene rings is 1. The van der Waals surface area contributed by atoms with Crippen molar-refractivity contribution in [1.29, 1.82) is 0 Å². The third kappa shape index (κ3) is 1.45. The molecule has 0 heterocycles. The molecule has 1 aliphatic rings. The largest absolute Gasteiger partial charge is 0.507 e. The molecule has 0 unspecified atom stereocenters. The fourth-order valence-corrected chi connectivity index (χ4v) is 2.19. The van der Waals surface area contributed by atoms with E-state index in [2.05, 4.69) is 22.6 Å². The highest BCUT2D eigenvalue weighted by molar-refractivity contribution is 14.1. The van der Waals surface area contributed by atoms with Gasteiger partial charge in [0.15, 0.2) is 5.78 Å². The minimum atomic E-state index is 0.160. The van der Waals surface area contributed by atoms with E-state index in [1.165, 1.54) is 0 Å². The van der Waals surface area contributed by atoms with Crippen molar-refractivity contribution in [3.05, 3.63) is 26.8 Å². The van der Waals surface area contributed by atoms with Crippen molar-refractivity contribution < 1.29 is 9.90 Å². The molecule has 0 bridgehead atoms. The van der Waals surface area contributed by atoms with Crippen LogP contribution in [0.15, 0.2) is 12.1 Å². The molecule has 0 aromatic heterocycles. The monoisotopic (exact) mass is 288 g/mol. The lowest BCUT2D eigenvalue weighted by Gasteiger charge is -2.16. The molecular weight excluding hydrogens is 279 g/mol. The Morgan fingerprint density at radius 2 is 2.08 bits per heavy atom. The van der Waals surface area contributed by atoms with Crippen LogP contribution in [0.2, 0.25) is 0 Å². The number of phenolic OH excluding ortho intramolecular Hbond substituents is 1. The second kappa shape index (κ2) is 3.29. The lowest BCUT2D eigenvalue weighted by Crippen LogP contribution is -2.11. The van der Waals surface area contributed by atoms with Gasteiger partial charge in [-0.05, 0) is 47.6 Å². The van der Waals surface area contributed by atoms with E-state index < -0.39 is 0 Å². The molecule has 13 heavy (non-hydrogen) atoms. The van der Waals surface area contributed by atoms with E-state index in [0.29, 0.717) is 17.7 Å². The summed E-state index contributed by atoms with van der Waals surface area (Å²) in [4.78, 5) is 11.4. The van der Waals surface area contributed by atoms with Crippen LogP contribution in [0.4, 0.5) is 0 Å². The number of hydrogen-bond donors (Lipinski definition) is 1. The first-order valence-electron chi connectivity index (χ1n) is 4.23. The summed E-state index contributed by atoms with van der Waals surface area (Å²) in [6.45, 7) is 0. The van der Waals surface area contributed by atoms with Crippen molar-refractivity contribution >= 4 is 28.4 Å². The van der Waals surface area contributed by atoms with Crippen molar-refractivity contribution in [2.45, 2.75) is 19.3 Å². The third-order valence-electron chi connectivity index (χ3n) is 2.36. The SMILES string of the molecule is O=C1CCCc2c1ccc(I)c2O. The summed E-state index contributed by atoms with van der Waals surface area (Å²) in [6.07, 6.45) is 2.30. The van der Waals surface area contributed by atoms with Gasteiger partial charge in [0.25, 0.3) is 0 Å². The number of rotatable bonds is 0. The molecule has 2 nitrogen and oxygen atoms in total. The maximum Gasteiger partial charge on any atom is 0.163 e. The van der Waals surface area contributed by atoms with E-state index in [1.54, 1.807) is 6.07 Å². The first-order chi connectivity index (χ1) is 6.20.